The van der Waals surface area contributed by atoms with Gasteiger partial charge in [0.1, 0.15) is 5.01 Å². The first kappa shape index (κ1) is 8.88. The zero-order valence-corrected chi connectivity index (χ0v) is 9.38. The second-order valence-corrected chi connectivity index (χ2v) is 8.69. The van der Waals surface area contributed by atoms with Crippen LogP contribution in [-0.4, -0.2) is 12.3 Å². The summed E-state index contributed by atoms with van der Waals surface area (Å²) in [5, 5.41) is 8.03. The first-order valence-corrected chi connectivity index (χ1v) is 4.63. The van der Waals surface area contributed by atoms with E-state index in [1.807, 2.05) is 0 Å². The minimum absolute atomic E-state index is 0.590. The zero-order chi connectivity index (χ0) is 6.08. The highest BCUT2D eigenvalue weighted by Gasteiger charge is 2.25. The highest BCUT2D eigenvalue weighted by Crippen LogP contribution is 2.39. The van der Waals surface area contributed by atoms with E-state index in [-0.39, 0.29) is 0 Å². The molecule has 5 heteroatoms. The van der Waals surface area contributed by atoms with Crippen molar-refractivity contribution in [2.45, 2.75) is 7.16 Å². The first-order chi connectivity index (χ1) is 2.94. The van der Waals surface area contributed by atoms with Crippen LogP contribution in [0.2, 0.25) is 0 Å². The van der Waals surface area contributed by atoms with Crippen LogP contribution in [0.1, 0.15) is 0 Å². The average Bonchev–Trinajstić information content (AvgIpc) is 1.31. The molecule has 0 aromatic heterocycles. The van der Waals surface area contributed by atoms with Crippen molar-refractivity contribution < 1.29 is 5.11 Å². The number of rotatable bonds is 0. The van der Waals surface area contributed by atoms with Crippen molar-refractivity contribution in [1.82, 2.24) is 0 Å². The van der Waals surface area contributed by atoms with E-state index >= 15 is 0 Å². The molecular formula is C2H2Br4O. The van der Waals surface area contributed by atoms with Crippen molar-refractivity contribution >= 4 is 63.7 Å². The van der Waals surface area contributed by atoms with Crippen molar-refractivity contribution in [1.29, 1.82) is 0 Å². The largest absolute Gasteiger partial charge is 0.379 e. The highest BCUT2D eigenvalue weighted by molar-refractivity contribution is 9.40. The first-order valence-electron chi connectivity index (χ1n) is 1.33. The van der Waals surface area contributed by atoms with Crippen LogP contribution in [0, 0.1) is 0 Å². The van der Waals surface area contributed by atoms with Crippen LogP contribution in [0.25, 0.3) is 0 Å². The Morgan fingerprint density at radius 3 is 1.43 bits per heavy atom. The summed E-state index contributed by atoms with van der Waals surface area (Å²) >= 11 is 12.1. The van der Waals surface area contributed by atoms with Gasteiger partial charge >= 0.3 is 0 Å². The maximum atomic E-state index is 8.66. The summed E-state index contributed by atoms with van der Waals surface area (Å²) in [7, 11) is 0. The van der Waals surface area contributed by atoms with Crippen molar-refractivity contribution in [3.8, 4) is 0 Å². The lowest BCUT2D eigenvalue weighted by atomic mass is 10.9. The predicted molar refractivity (Wildman–Crippen MR) is 44.4 cm³/mol. The molecule has 0 saturated heterocycles. The molecule has 1 N–H and O–H groups in total. The van der Waals surface area contributed by atoms with E-state index in [1.165, 1.54) is 0 Å². The lowest BCUT2D eigenvalue weighted by Crippen LogP contribution is -2.14. The molecule has 0 aromatic carbocycles. The van der Waals surface area contributed by atoms with Gasteiger partial charge in [-0.25, -0.2) is 0 Å². The molecule has 0 aliphatic rings. The van der Waals surface area contributed by atoms with Gasteiger partial charge < -0.3 is 5.11 Å². The molecule has 0 fully saturated rings. The van der Waals surface area contributed by atoms with Gasteiger partial charge in [-0.1, -0.05) is 63.7 Å². The fourth-order valence-electron chi connectivity index (χ4n) is 0. The molecule has 1 atom stereocenters. The van der Waals surface area contributed by atoms with Gasteiger partial charge in [0.15, 0.2) is 2.14 Å². The summed E-state index contributed by atoms with van der Waals surface area (Å²) < 4.78 is -0.590. The van der Waals surface area contributed by atoms with Crippen molar-refractivity contribution in [2.75, 3.05) is 0 Å². The van der Waals surface area contributed by atoms with Crippen molar-refractivity contribution in [2.24, 2.45) is 0 Å². The maximum Gasteiger partial charge on any atom is 0.170 e. The lowest BCUT2D eigenvalue weighted by Gasteiger charge is -2.12. The van der Waals surface area contributed by atoms with Gasteiger partial charge in [-0.3, -0.25) is 0 Å². The predicted octanol–water partition coefficient (Wildman–Crippen LogP) is 2.54. The zero-order valence-electron chi connectivity index (χ0n) is 3.04. The van der Waals surface area contributed by atoms with E-state index in [0.29, 0.717) is 0 Å². The van der Waals surface area contributed by atoms with Gasteiger partial charge in [-0.05, 0) is 0 Å². The Morgan fingerprint density at radius 2 is 1.43 bits per heavy atom. The van der Waals surface area contributed by atoms with Gasteiger partial charge in [-0.15, -0.1) is 0 Å². The van der Waals surface area contributed by atoms with E-state index < -0.39 is 7.16 Å². The summed E-state index contributed by atoms with van der Waals surface area (Å²) in [4.78, 5) is 0. The number of hydrogen-bond acceptors (Lipinski definition) is 1. The summed E-state index contributed by atoms with van der Waals surface area (Å²) in [5.74, 6) is 0. The highest BCUT2D eigenvalue weighted by atomic mass is 80.0. The summed E-state index contributed by atoms with van der Waals surface area (Å²) in [6.45, 7) is 0. The Balaban J connectivity index is 3.54. The minimum atomic E-state index is -0.639. The van der Waals surface area contributed by atoms with Gasteiger partial charge in [0, 0.05) is 0 Å². The molecule has 44 valence electrons. The van der Waals surface area contributed by atoms with Crippen LogP contribution in [0.5, 0.6) is 0 Å². The second-order valence-electron chi connectivity index (χ2n) is 0.877. The normalized spacial score (nSPS) is 16.7. The number of aliphatic hydroxyl groups is 1. The fourth-order valence-corrected chi connectivity index (χ4v) is 0. The number of aliphatic hydroxyl groups excluding tert-OH is 1. The molecule has 0 radical (unpaired) electrons. The van der Waals surface area contributed by atoms with Gasteiger partial charge in [0.05, 0.1) is 0 Å². The quantitative estimate of drug-likeness (QED) is 0.658. The van der Waals surface area contributed by atoms with Crippen LogP contribution in [0.4, 0.5) is 0 Å². The molecule has 7 heavy (non-hydrogen) atoms. The Labute approximate surface area is 75.4 Å². The monoisotopic (exact) mass is 358 g/mol. The molecule has 0 aliphatic carbocycles. The van der Waals surface area contributed by atoms with Gasteiger partial charge in [0.25, 0.3) is 0 Å². The lowest BCUT2D eigenvalue weighted by molar-refractivity contribution is 0.285. The topological polar surface area (TPSA) is 20.2 Å². The van der Waals surface area contributed by atoms with E-state index in [4.69, 9.17) is 5.11 Å². The van der Waals surface area contributed by atoms with Crippen molar-refractivity contribution in [3.63, 3.8) is 0 Å². The van der Waals surface area contributed by atoms with E-state index in [9.17, 15) is 0 Å². The van der Waals surface area contributed by atoms with Crippen LogP contribution in [0.3, 0.4) is 0 Å². The van der Waals surface area contributed by atoms with Crippen LogP contribution in [-0.2, 0) is 0 Å². The smallest absolute Gasteiger partial charge is 0.170 e. The number of hydrogen-bond donors (Lipinski definition) is 1. The van der Waals surface area contributed by atoms with Crippen molar-refractivity contribution in [3.05, 3.63) is 0 Å². The standard InChI is InChI=1S/C2H2Br4O/c3-1(7)2(4,5)6/h1,7H. The van der Waals surface area contributed by atoms with Crippen LogP contribution < -0.4 is 0 Å². The number of halogens is 4. The Morgan fingerprint density at radius 1 is 1.29 bits per heavy atom. The van der Waals surface area contributed by atoms with Gasteiger partial charge in [0.2, 0.25) is 0 Å². The Bertz CT molecular complexity index is 55.2. The number of alkyl halides is 4. The third kappa shape index (κ3) is 4.39. The molecule has 0 rings (SSSR count). The van der Waals surface area contributed by atoms with Crippen LogP contribution in [0.15, 0.2) is 0 Å². The third-order valence-electron chi connectivity index (χ3n) is 0.270. The van der Waals surface area contributed by atoms with Gasteiger partial charge in [-0.2, -0.15) is 0 Å². The molecule has 0 saturated carbocycles. The van der Waals surface area contributed by atoms with Crippen LogP contribution >= 0.6 is 63.7 Å². The second kappa shape index (κ2) is 3.15. The summed E-state index contributed by atoms with van der Waals surface area (Å²) in [5.41, 5.74) is 0. The molecule has 0 amide bonds. The maximum absolute atomic E-state index is 8.66. The summed E-state index contributed by atoms with van der Waals surface area (Å²) in [6, 6.07) is 0. The van der Waals surface area contributed by atoms with E-state index in [1.54, 1.807) is 0 Å². The molecule has 1 unspecified atom stereocenters. The molecule has 0 aliphatic heterocycles. The fraction of sp³-hybridized carbons (Fsp3) is 1.00. The molecule has 0 heterocycles. The minimum Gasteiger partial charge on any atom is -0.379 e. The Kier molecular flexibility index (Phi) is 4.00. The molecule has 0 aromatic rings. The third-order valence-corrected chi connectivity index (χ3v) is 4.10. The molecule has 0 spiro atoms. The summed E-state index contributed by atoms with van der Waals surface area (Å²) in [6.07, 6.45) is 0. The SMILES string of the molecule is OC(Br)C(Br)(Br)Br. The molecule has 1 nitrogen and oxygen atoms in total. The molecule has 0 bridgehead atoms. The Hall–Kier alpha value is 1.88. The molecular weight excluding hydrogens is 360 g/mol. The van der Waals surface area contributed by atoms with E-state index in [2.05, 4.69) is 63.7 Å². The average molecular weight is 362 g/mol. The van der Waals surface area contributed by atoms with E-state index in [0.717, 1.165) is 0 Å².